The standard InChI is InChI=1S/C30H38N8O4/c1-18-10-11-22-21(13-34-38(22)23-9-7-8-12-41-23)26(18)37-17-33-24-25(28(37)39)31-16-32-27(24)35-14-20(3)36(15-19(35)2)29(40)42-30(4,5)6/h10-11,13,16-17,19-20,23H,7-9,12,14-15H2,1-6H3/t19-,20+,23?/m0/s1. The van der Waals surface area contributed by atoms with E-state index in [0.717, 1.165) is 41.4 Å². The van der Waals surface area contributed by atoms with E-state index in [1.165, 1.54) is 6.33 Å². The SMILES string of the molecule is Cc1ccc2c(cnn2C2CCCCO2)c1-n1cnc2c(N3C[C@@H](C)N(C(=O)OC(C)(C)C)C[C@@H]3C)ncnc2c1=O. The fourth-order valence-electron chi connectivity index (χ4n) is 5.97. The Labute approximate surface area is 244 Å². The topological polar surface area (TPSA) is 121 Å². The zero-order valence-electron chi connectivity index (χ0n) is 25.1. The predicted molar refractivity (Wildman–Crippen MR) is 159 cm³/mol. The molecule has 1 aromatic carbocycles. The van der Waals surface area contributed by atoms with E-state index >= 15 is 0 Å². The molecule has 2 aliphatic rings. The number of anilines is 1. The first kappa shape index (κ1) is 28.1. The largest absolute Gasteiger partial charge is 0.444 e. The lowest BCUT2D eigenvalue weighted by Crippen LogP contribution is -2.59. The van der Waals surface area contributed by atoms with Crippen molar-refractivity contribution in [2.45, 2.75) is 84.7 Å². The van der Waals surface area contributed by atoms with Crippen molar-refractivity contribution < 1.29 is 14.3 Å². The minimum absolute atomic E-state index is 0.0834. The number of hydrogen-bond acceptors (Lipinski definition) is 9. The molecule has 42 heavy (non-hydrogen) atoms. The maximum atomic E-state index is 14.0. The summed E-state index contributed by atoms with van der Waals surface area (Å²) in [6.07, 6.45) is 7.36. The van der Waals surface area contributed by atoms with Gasteiger partial charge in [0, 0.05) is 37.2 Å². The molecule has 222 valence electrons. The van der Waals surface area contributed by atoms with E-state index in [0.29, 0.717) is 31.0 Å². The first-order valence-electron chi connectivity index (χ1n) is 14.6. The van der Waals surface area contributed by atoms with Gasteiger partial charge in [-0.1, -0.05) is 6.07 Å². The van der Waals surface area contributed by atoms with Crippen molar-refractivity contribution in [2.24, 2.45) is 0 Å². The molecular formula is C30H38N8O4. The van der Waals surface area contributed by atoms with E-state index in [1.54, 1.807) is 22.0 Å². The average molecular weight is 575 g/mol. The van der Waals surface area contributed by atoms with Crippen LogP contribution in [0.4, 0.5) is 10.6 Å². The molecule has 0 spiro atoms. The Morgan fingerprint density at radius 1 is 1.05 bits per heavy atom. The van der Waals surface area contributed by atoms with Crippen LogP contribution in [0, 0.1) is 6.92 Å². The maximum absolute atomic E-state index is 14.0. The minimum Gasteiger partial charge on any atom is -0.444 e. The van der Waals surface area contributed by atoms with E-state index in [-0.39, 0.29) is 35.5 Å². The summed E-state index contributed by atoms with van der Waals surface area (Å²) < 4.78 is 15.1. The summed E-state index contributed by atoms with van der Waals surface area (Å²) in [6.45, 7) is 13.2. The van der Waals surface area contributed by atoms with E-state index < -0.39 is 5.60 Å². The molecule has 12 heteroatoms. The number of aromatic nitrogens is 6. The quantitative estimate of drug-likeness (QED) is 0.351. The second kappa shape index (κ2) is 10.6. The molecule has 6 rings (SSSR count). The van der Waals surface area contributed by atoms with Crippen molar-refractivity contribution in [1.82, 2.24) is 34.2 Å². The second-order valence-electron chi connectivity index (χ2n) is 12.4. The summed E-state index contributed by atoms with van der Waals surface area (Å²) in [5.74, 6) is 0.574. The van der Waals surface area contributed by atoms with E-state index in [4.69, 9.17) is 14.5 Å². The highest BCUT2D eigenvalue weighted by Gasteiger charge is 2.36. The summed E-state index contributed by atoms with van der Waals surface area (Å²) in [5, 5.41) is 5.50. The maximum Gasteiger partial charge on any atom is 0.410 e. The zero-order valence-corrected chi connectivity index (χ0v) is 25.1. The summed E-state index contributed by atoms with van der Waals surface area (Å²) >= 11 is 0. The first-order valence-corrected chi connectivity index (χ1v) is 14.6. The molecule has 4 aromatic rings. The first-order chi connectivity index (χ1) is 20.0. The Bertz CT molecular complexity index is 1700. The lowest BCUT2D eigenvalue weighted by Gasteiger charge is -2.44. The molecule has 1 unspecified atom stereocenters. The highest BCUT2D eigenvalue weighted by atomic mass is 16.6. The molecule has 1 amide bonds. The van der Waals surface area contributed by atoms with Gasteiger partial charge in [0.15, 0.2) is 17.6 Å². The smallest absolute Gasteiger partial charge is 0.410 e. The molecule has 3 aromatic heterocycles. The number of amides is 1. The highest BCUT2D eigenvalue weighted by molar-refractivity contribution is 5.90. The molecule has 0 saturated carbocycles. The lowest BCUT2D eigenvalue weighted by molar-refractivity contribution is -0.0366. The van der Waals surface area contributed by atoms with Crippen LogP contribution in [0.3, 0.4) is 0 Å². The average Bonchev–Trinajstić information content (AvgIpc) is 3.38. The van der Waals surface area contributed by atoms with Gasteiger partial charge in [-0.15, -0.1) is 0 Å². The molecular weight excluding hydrogens is 536 g/mol. The number of carbonyl (C=O) groups excluding carboxylic acids is 1. The molecule has 5 heterocycles. The molecule has 0 N–H and O–H groups in total. The fourth-order valence-corrected chi connectivity index (χ4v) is 5.97. The van der Waals surface area contributed by atoms with E-state index in [2.05, 4.69) is 20.0 Å². The van der Waals surface area contributed by atoms with Gasteiger partial charge in [0.05, 0.1) is 17.4 Å². The molecule has 2 saturated heterocycles. The third-order valence-electron chi connectivity index (χ3n) is 8.04. The van der Waals surface area contributed by atoms with Crippen molar-refractivity contribution in [2.75, 3.05) is 24.6 Å². The van der Waals surface area contributed by atoms with E-state index in [1.807, 2.05) is 58.4 Å². The van der Waals surface area contributed by atoms with Crippen LogP contribution >= 0.6 is 0 Å². The lowest BCUT2D eigenvalue weighted by atomic mass is 10.1. The van der Waals surface area contributed by atoms with Crippen LogP contribution < -0.4 is 10.5 Å². The summed E-state index contributed by atoms with van der Waals surface area (Å²) in [5.41, 5.74) is 2.36. The third kappa shape index (κ3) is 4.97. The predicted octanol–water partition coefficient (Wildman–Crippen LogP) is 4.37. The molecule has 0 aliphatic carbocycles. The van der Waals surface area contributed by atoms with Gasteiger partial charge in [0.25, 0.3) is 5.56 Å². The Kier molecular flexibility index (Phi) is 7.12. The van der Waals surface area contributed by atoms with Gasteiger partial charge < -0.3 is 19.3 Å². The number of carbonyl (C=O) groups is 1. The van der Waals surface area contributed by atoms with Crippen molar-refractivity contribution in [3.8, 4) is 5.69 Å². The zero-order chi connectivity index (χ0) is 29.8. The van der Waals surface area contributed by atoms with Crippen molar-refractivity contribution >= 4 is 33.8 Å². The van der Waals surface area contributed by atoms with Crippen LogP contribution in [0.5, 0.6) is 0 Å². The molecule has 2 fully saturated rings. The van der Waals surface area contributed by atoms with Crippen molar-refractivity contribution in [3.05, 3.63) is 46.9 Å². The number of rotatable bonds is 3. The number of piperazine rings is 1. The molecule has 12 nitrogen and oxygen atoms in total. The Morgan fingerprint density at radius 3 is 2.60 bits per heavy atom. The molecule has 3 atom stereocenters. The second-order valence-corrected chi connectivity index (χ2v) is 12.4. The minimum atomic E-state index is -0.575. The Hall–Kier alpha value is -4.06. The van der Waals surface area contributed by atoms with Crippen LogP contribution in [0.15, 0.2) is 35.8 Å². The van der Waals surface area contributed by atoms with Gasteiger partial charge >= 0.3 is 6.09 Å². The van der Waals surface area contributed by atoms with Gasteiger partial charge in [-0.05, 0) is 72.4 Å². The van der Waals surface area contributed by atoms with Gasteiger partial charge in [0.1, 0.15) is 23.8 Å². The Morgan fingerprint density at radius 2 is 1.86 bits per heavy atom. The molecule has 2 aliphatic heterocycles. The van der Waals surface area contributed by atoms with Gasteiger partial charge in [-0.25, -0.2) is 24.4 Å². The molecule has 0 bridgehead atoms. The van der Waals surface area contributed by atoms with Crippen molar-refractivity contribution in [3.63, 3.8) is 0 Å². The van der Waals surface area contributed by atoms with Crippen molar-refractivity contribution in [1.29, 1.82) is 0 Å². The molecule has 0 radical (unpaired) electrons. The Balaban J connectivity index is 1.36. The van der Waals surface area contributed by atoms with Crippen LogP contribution in [0.25, 0.3) is 27.6 Å². The number of nitrogens with zero attached hydrogens (tertiary/aromatic N) is 8. The number of hydrogen-bond donors (Lipinski definition) is 0. The third-order valence-corrected chi connectivity index (χ3v) is 8.04. The van der Waals surface area contributed by atoms with E-state index in [9.17, 15) is 9.59 Å². The van der Waals surface area contributed by atoms with Gasteiger partial charge in [-0.2, -0.15) is 5.10 Å². The fraction of sp³-hybridized carbons (Fsp3) is 0.533. The summed E-state index contributed by atoms with van der Waals surface area (Å²) in [4.78, 5) is 44.3. The van der Waals surface area contributed by atoms with Crippen LogP contribution in [0.1, 0.15) is 65.7 Å². The summed E-state index contributed by atoms with van der Waals surface area (Å²) in [6, 6.07) is 3.80. The monoisotopic (exact) mass is 574 g/mol. The van der Waals surface area contributed by atoms with Crippen LogP contribution in [0.2, 0.25) is 0 Å². The number of fused-ring (bicyclic) bond motifs is 2. The highest BCUT2D eigenvalue weighted by Crippen LogP contribution is 2.31. The number of aryl methyl sites for hydroxylation is 1. The van der Waals surface area contributed by atoms with Crippen LogP contribution in [-0.4, -0.2) is 77.7 Å². The summed E-state index contributed by atoms with van der Waals surface area (Å²) in [7, 11) is 0. The van der Waals surface area contributed by atoms with Gasteiger partial charge in [-0.3, -0.25) is 9.36 Å². The number of benzene rings is 1. The van der Waals surface area contributed by atoms with Gasteiger partial charge in [0.2, 0.25) is 0 Å². The number of ether oxygens (including phenoxy) is 2. The van der Waals surface area contributed by atoms with Crippen LogP contribution in [-0.2, 0) is 9.47 Å². The normalized spacial score (nSPS) is 21.7.